The number of halogens is 1. The fraction of sp³-hybridized carbons (Fsp3) is 0.192. The maximum atomic E-state index is 12.3. The number of hydrogen-bond donors (Lipinski definition) is 1. The average molecular weight is 413 g/mol. The third kappa shape index (κ3) is 5.54. The molecule has 0 amide bonds. The maximum absolute atomic E-state index is 12.3. The van der Waals surface area contributed by atoms with Crippen LogP contribution < -0.4 is 0 Å². The van der Waals surface area contributed by atoms with Gasteiger partial charge in [0.15, 0.2) is 0 Å². The number of hydrogen-bond acceptors (Lipinski definition) is 3. The minimum atomic E-state index is -0.406. The highest BCUT2D eigenvalue weighted by Gasteiger charge is 2.23. The van der Waals surface area contributed by atoms with Gasteiger partial charge in [-0.3, -0.25) is 4.90 Å². The monoisotopic (exact) mass is 413 g/mol. The van der Waals surface area contributed by atoms with E-state index < -0.39 is 5.82 Å². The van der Waals surface area contributed by atoms with E-state index in [0.29, 0.717) is 5.92 Å². The minimum Gasteiger partial charge on any atom is -0.361 e. The third-order valence-electron chi connectivity index (χ3n) is 5.55. The zero-order valence-corrected chi connectivity index (χ0v) is 17.2. The van der Waals surface area contributed by atoms with E-state index in [1.54, 1.807) is 0 Å². The number of H-pyrrole nitrogens is 1. The molecule has 4 nitrogen and oxygen atoms in total. The Bertz CT molecular complexity index is 1180. The lowest BCUT2D eigenvalue weighted by Gasteiger charge is -2.16. The first-order chi connectivity index (χ1) is 15.2. The van der Waals surface area contributed by atoms with E-state index >= 15 is 0 Å². The van der Waals surface area contributed by atoms with E-state index in [-0.39, 0.29) is 5.69 Å². The second kappa shape index (κ2) is 9.98. The van der Waals surface area contributed by atoms with Crippen LogP contribution in [0, 0.1) is 5.82 Å². The van der Waals surface area contributed by atoms with Crippen molar-refractivity contribution in [2.45, 2.75) is 18.9 Å². The SMILES string of the molecule is O=C=Nc1cccc(F)c1.c1ccc(CN2CCC(c3ccc4[nH]ccc4c3)C2)cc1. The Hall–Kier alpha value is -3.53. The van der Waals surface area contributed by atoms with Gasteiger partial charge in [-0.2, -0.15) is 4.99 Å². The Labute approximate surface area is 181 Å². The Morgan fingerprint density at radius 3 is 2.71 bits per heavy atom. The summed E-state index contributed by atoms with van der Waals surface area (Å²) in [6, 6.07) is 25.2. The molecule has 0 spiro atoms. The number of aromatic amines is 1. The van der Waals surface area contributed by atoms with Crippen molar-refractivity contribution >= 4 is 22.7 Å². The molecule has 1 aliphatic rings. The van der Waals surface area contributed by atoms with Gasteiger partial charge in [0.2, 0.25) is 6.08 Å². The van der Waals surface area contributed by atoms with Crippen molar-refractivity contribution in [3.05, 3.63) is 102 Å². The molecule has 1 fully saturated rings. The zero-order valence-electron chi connectivity index (χ0n) is 17.2. The lowest BCUT2D eigenvalue weighted by molar-refractivity contribution is 0.327. The number of nitrogens with one attached hydrogen (secondary N) is 1. The molecule has 0 aliphatic carbocycles. The predicted molar refractivity (Wildman–Crippen MR) is 122 cm³/mol. The summed E-state index contributed by atoms with van der Waals surface area (Å²) in [6.07, 6.45) is 4.60. The summed E-state index contributed by atoms with van der Waals surface area (Å²) in [7, 11) is 0. The van der Waals surface area contributed by atoms with E-state index in [0.717, 1.165) is 12.6 Å². The molecule has 5 heteroatoms. The van der Waals surface area contributed by atoms with Gasteiger partial charge in [-0.1, -0.05) is 42.5 Å². The Morgan fingerprint density at radius 2 is 1.90 bits per heavy atom. The van der Waals surface area contributed by atoms with Gasteiger partial charge in [-0.05, 0) is 65.7 Å². The van der Waals surface area contributed by atoms with Crippen LogP contribution in [0.3, 0.4) is 0 Å². The largest absolute Gasteiger partial charge is 0.361 e. The van der Waals surface area contributed by atoms with Crippen molar-refractivity contribution in [1.29, 1.82) is 0 Å². The predicted octanol–water partition coefficient (Wildman–Crippen LogP) is 5.95. The number of likely N-dealkylation sites (tertiary alicyclic amines) is 1. The molecule has 1 unspecified atom stereocenters. The normalized spacial score (nSPS) is 15.8. The molecule has 1 aromatic heterocycles. The molecule has 2 heterocycles. The van der Waals surface area contributed by atoms with Crippen molar-refractivity contribution < 1.29 is 9.18 Å². The van der Waals surface area contributed by atoms with Gasteiger partial charge < -0.3 is 4.98 Å². The van der Waals surface area contributed by atoms with Gasteiger partial charge in [-0.25, -0.2) is 9.18 Å². The second-order valence-electron chi connectivity index (χ2n) is 7.71. The number of aromatic nitrogens is 1. The van der Waals surface area contributed by atoms with Gasteiger partial charge in [0.1, 0.15) is 5.82 Å². The van der Waals surface area contributed by atoms with Gasteiger partial charge in [-0.15, -0.1) is 0 Å². The number of nitrogens with zero attached hydrogens (tertiary/aromatic N) is 2. The van der Waals surface area contributed by atoms with Crippen LogP contribution in [0.15, 0.2) is 90.1 Å². The zero-order chi connectivity index (χ0) is 21.5. The van der Waals surface area contributed by atoms with Crippen LogP contribution >= 0.6 is 0 Å². The van der Waals surface area contributed by atoms with Crippen molar-refractivity contribution in [2.24, 2.45) is 4.99 Å². The highest BCUT2D eigenvalue weighted by Crippen LogP contribution is 2.30. The first-order valence-corrected chi connectivity index (χ1v) is 10.4. The Balaban J connectivity index is 0.000000196. The van der Waals surface area contributed by atoms with Crippen LogP contribution in [0.4, 0.5) is 10.1 Å². The Morgan fingerprint density at radius 1 is 1.03 bits per heavy atom. The quantitative estimate of drug-likeness (QED) is 0.332. The van der Waals surface area contributed by atoms with Crippen LogP contribution in [0.25, 0.3) is 10.9 Å². The standard InChI is InChI=1S/C19H20N2.C7H4FNO/c1-2-4-15(5-3-1)13-21-11-9-18(14-21)16-6-7-19-17(12-16)8-10-20-19;8-6-2-1-3-7(4-6)9-5-10/h1-8,10,12,18,20H,9,11,13-14H2;1-4H. The summed E-state index contributed by atoms with van der Waals surface area (Å²) < 4.78 is 12.3. The molecule has 0 saturated carbocycles. The number of benzene rings is 3. The number of fused-ring (bicyclic) bond motifs is 1. The van der Waals surface area contributed by atoms with Crippen molar-refractivity contribution in [1.82, 2.24) is 9.88 Å². The van der Waals surface area contributed by atoms with E-state index in [9.17, 15) is 9.18 Å². The molecule has 31 heavy (non-hydrogen) atoms. The molecule has 0 bridgehead atoms. The topological polar surface area (TPSA) is 48.5 Å². The summed E-state index contributed by atoms with van der Waals surface area (Å²) in [5, 5.41) is 1.33. The molecule has 1 aliphatic heterocycles. The molecule has 0 radical (unpaired) electrons. The van der Waals surface area contributed by atoms with Crippen molar-refractivity contribution in [3.8, 4) is 0 Å². The smallest absolute Gasteiger partial charge is 0.240 e. The lowest BCUT2D eigenvalue weighted by atomic mass is 9.97. The summed E-state index contributed by atoms with van der Waals surface area (Å²) in [6.45, 7) is 3.44. The van der Waals surface area contributed by atoms with E-state index in [1.807, 2.05) is 6.20 Å². The molecule has 1 saturated heterocycles. The fourth-order valence-electron chi connectivity index (χ4n) is 4.01. The summed E-state index contributed by atoms with van der Waals surface area (Å²) in [4.78, 5) is 18.7. The van der Waals surface area contributed by atoms with Gasteiger partial charge in [0.25, 0.3) is 0 Å². The fourth-order valence-corrected chi connectivity index (χ4v) is 4.01. The molecule has 5 rings (SSSR count). The average Bonchev–Trinajstić information content (AvgIpc) is 3.44. The first-order valence-electron chi connectivity index (χ1n) is 10.4. The molecule has 156 valence electrons. The van der Waals surface area contributed by atoms with Crippen LogP contribution in [0.2, 0.25) is 0 Å². The Kier molecular flexibility index (Phi) is 6.68. The van der Waals surface area contributed by atoms with Crippen molar-refractivity contribution in [3.63, 3.8) is 0 Å². The van der Waals surface area contributed by atoms with Crippen LogP contribution in [-0.4, -0.2) is 29.1 Å². The van der Waals surface area contributed by atoms with Gasteiger partial charge >= 0.3 is 0 Å². The maximum Gasteiger partial charge on any atom is 0.240 e. The molecule has 1 N–H and O–H groups in total. The molecule has 4 aromatic rings. The van der Waals surface area contributed by atoms with E-state index in [2.05, 4.69) is 69.5 Å². The second-order valence-corrected chi connectivity index (χ2v) is 7.71. The number of aliphatic imine (C=N–C) groups is 1. The van der Waals surface area contributed by atoms with Crippen LogP contribution in [-0.2, 0) is 11.3 Å². The number of isocyanates is 1. The number of carbonyl (C=O) groups excluding carboxylic acids is 1. The molecular formula is C26H24FN3O. The summed E-state index contributed by atoms with van der Waals surface area (Å²) in [5.74, 6) is 0.268. The first kappa shape index (κ1) is 20.7. The summed E-state index contributed by atoms with van der Waals surface area (Å²) in [5.41, 5.74) is 4.42. The van der Waals surface area contributed by atoms with Gasteiger partial charge in [0.05, 0.1) is 5.69 Å². The highest BCUT2D eigenvalue weighted by molar-refractivity contribution is 5.80. The number of rotatable bonds is 4. The lowest BCUT2D eigenvalue weighted by Crippen LogP contribution is -2.19. The molecule has 1 atom stereocenters. The van der Waals surface area contributed by atoms with Crippen LogP contribution in [0.5, 0.6) is 0 Å². The van der Waals surface area contributed by atoms with E-state index in [4.69, 9.17) is 0 Å². The van der Waals surface area contributed by atoms with Crippen LogP contribution in [0.1, 0.15) is 23.5 Å². The minimum absolute atomic E-state index is 0.287. The van der Waals surface area contributed by atoms with Gasteiger partial charge in [0, 0.05) is 30.9 Å². The summed E-state index contributed by atoms with van der Waals surface area (Å²) >= 11 is 0. The highest BCUT2D eigenvalue weighted by atomic mass is 19.1. The third-order valence-corrected chi connectivity index (χ3v) is 5.55. The molecule has 3 aromatic carbocycles. The molecular weight excluding hydrogens is 389 g/mol. The van der Waals surface area contributed by atoms with E-state index in [1.165, 1.54) is 65.8 Å². The van der Waals surface area contributed by atoms with Crippen molar-refractivity contribution in [2.75, 3.05) is 13.1 Å².